The van der Waals surface area contributed by atoms with Gasteiger partial charge in [-0.15, -0.1) is 10.2 Å². The maximum atomic E-state index is 12.7. The minimum Gasteiger partial charge on any atom is -0.466 e. The molecule has 0 saturated carbocycles. The molecule has 1 fully saturated rings. The minimum atomic E-state index is -0.216. The summed E-state index contributed by atoms with van der Waals surface area (Å²) in [5.41, 5.74) is 1.00. The summed E-state index contributed by atoms with van der Waals surface area (Å²) in [5, 5.41) is 9.32. The Morgan fingerprint density at radius 3 is 2.71 bits per heavy atom. The Kier molecular flexibility index (Phi) is 7.08. The van der Waals surface area contributed by atoms with Crippen LogP contribution < -0.4 is 0 Å². The normalized spacial score (nSPS) is 16.8. The third-order valence-electron chi connectivity index (χ3n) is 4.78. The van der Waals surface area contributed by atoms with Crippen molar-refractivity contribution in [2.45, 2.75) is 38.4 Å². The molecule has 1 aliphatic heterocycles. The maximum absolute atomic E-state index is 12.7. The number of hydrogen-bond acceptors (Lipinski definition) is 6. The van der Waals surface area contributed by atoms with Crippen LogP contribution in [0.1, 0.15) is 26.7 Å². The van der Waals surface area contributed by atoms with Crippen molar-refractivity contribution in [3.63, 3.8) is 0 Å². The molecule has 0 spiro atoms. The Bertz CT molecular complexity index is 809. The molecule has 1 amide bonds. The zero-order chi connectivity index (χ0) is 19.9. The molecule has 8 heteroatoms. The zero-order valence-electron chi connectivity index (χ0n) is 16.3. The van der Waals surface area contributed by atoms with Gasteiger partial charge < -0.3 is 14.2 Å². The highest BCUT2D eigenvalue weighted by atomic mass is 32.2. The molecule has 150 valence electrons. The average Bonchev–Trinajstić information content (AvgIpc) is 3.16. The van der Waals surface area contributed by atoms with Crippen molar-refractivity contribution in [3.8, 4) is 11.4 Å². The van der Waals surface area contributed by atoms with Gasteiger partial charge in [0.1, 0.15) is 0 Å². The number of amides is 1. The fourth-order valence-corrected chi connectivity index (χ4v) is 4.26. The van der Waals surface area contributed by atoms with E-state index in [0.717, 1.165) is 35.9 Å². The fourth-order valence-electron chi connectivity index (χ4n) is 3.36. The number of rotatable bonds is 7. The molecular formula is C20H26N4O3S. The highest BCUT2D eigenvalue weighted by Crippen LogP contribution is 2.25. The van der Waals surface area contributed by atoms with E-state index in [1.807, 2.05) is 41.8 Å². The molecule has 1 aromatic heterocycles. The second-order valence-corrected chi connectivity index (χ2v) is 7.58. The van der Waals surface area contributed by atoms with Gasteiger partial charge in [-0.2, -0.15) is 0 Å². The van der Waals surface area contributed by atoms with E-state index in [1.165, 1.54) is 11.8 Å². The quantitative estimate of drug-likeness (QED) is 0.524. The third kappa shape index (κ3) is 4.73. The van der Waals surface area contributed by atoms with Crippen LogP contribution in [0.25, 0.3) is 11.4 Å². The van der Waals surface area contributed by atoms with Crippen molar-refractivity contribution in [2.24, 2.45) is 5.92 Å². The summed E-state index contributed by atoms with van der Waals surface area (Å²) in [7, 11) is 0. The molecular weight excluding hydrogens is 376 g/mol. The topological polar surface area (TPSA) is 77.3 Å². The minimum absolute atomic E-state index is 0.0194. The molecule has 1 aromatic carbocycles. The number of ether oxygens (including phenoxy) is 1. The molecule has 2 heterocycles. The summed E-state index contributed by atoms with van der Waals surface area (Å²) >= 11 is 1.39. The Morgan fingerprint density at radius 2 is 2.00 bits per heavy atom. The number of piperidine rings is 1. The second-order valence-electron chi connectivity index (χ2n) is 6.64. The lowest BCUT2D eigenvalue weighted by molar-refractivity contribution is -0.151. The number of aromatic nitrogens is 3. The van der Waals surface area contributed by atoms with Crippen LogP contribution in [0.5, 0.6) is 0 Å². The first-order valence-corrected chi connectivity index (χ1v) is 10.7. The number of esters is 1. The van der Waals surface area contributed by atoms with E-state index in [1.54, 1.807) is 11.8 Å². The van der Waals surface area contributed by atoms with Crippen molar-refractivity contribution in [3.05, 3.63) is 30.3 Å². The second kappa shape index (κ2) is 9.73. The molecule has 0 aliphatic carbocycles. The lowest BCUT2D eigenvalue weighted by atomic mass is 9.98. The van der Waals surface area contributed by atoms with E-state index in [2.05, 4.69) is 10.2 Å². The number of likely N-dealkylation sites (tertiary alicyclic amines) is 1. The molecule has 1 saturated heterocycles. The van der Waals surface area contributed by atoms with E-state index >= 15 is 0 Å². The predicted octanol–water partition coefficient (Wildman–Crippen LogP) is 2.86. The fraction of sp³-hybridized carbons (Fsp3) is 0.500. The molecule has 0 bridgehead atoms. The van der Waals surface area contributed by atoms with Crippen LogP contribution in [-0.2, 0) is 20.9 Å². The predicted molar refractivity (Wildman–Crippen MR) is 108 cm³/mol. The van der Waals surface area contributed by atoms with Gasteiger partial charge in [-0.25, -0.2) is 0 Å². The third-order valence-corrected chi connectivity index (χ3v) is 5.74. The highest BCUT2D eigenvalue weighted by Gasteiger charge is 2.29. The van der Waals surface area contributed by atoms with Crippen LogP contribution in [0, 0.1) is 5.92 Å². The molecule has 7 nitrogen and oxygen atoms in total. The number of benzene rings is 1. The monoisotopic (exact) mass is 402 g/mol. The number of nitrogens with zero attached hydrogens (tertiary/aromatic N) is 4. The van der Waals surface area contributed by atoms with Gasteiger partial charge in [-0.05, 0) is 26.7 Å². The largest absolute Gasteiger partial charge is 0.466 e. The molecule has 0 unspecified atom stereocenters. The molecule has 1 atom stereocenters. The van der Waals surface area contributed by atoms with Gasteiger partial charge in [-0.1, -0.05) is 42.1 Å². The van der Waals surface area contributed by atoms with Crippen LogP contribution in [0.15, 0.2) is 35.5 Å². The van der Waals surface area contributed by atoms with Crippen LogP contribution in [-0.4, -0.2) is 57.0 Å². The molecule has 2 aromatic rings. The molecule has 0 N–H and O–H groups in total. The van der Waals surface area contributed by atoms with Gasteiger partial charge in [-0.3, -0.25) is 9.59 Å². The molecule has 0 radical (unpaired) electrons. The summed E-state index contributed by atoms with van der Waals surface area (Å²) in [6.07, 6.45) is 1.60. The zero-order valence-corrected chi connectivity index (χ0v) is 17.2. The first-order chi connectivity index (χ1) is 13.6. The van der Waals surface area contributed by atoms with Gasteiger partial charge in [0.05, 0.1) is 18.3 Å². The van der Waals surface area contributed by atoms with Crippen molar-refractivity contribution < 1.29 is 14.3 Å². The van der Waals surface area contributed by atoms with Crippen LogP contribution >= 0.6 is 11.8 Å². The molecule has 1 aliphatic rings. The van der Waals surface area contributed by atoms with Gasteiger partial charge in [0.2, 0.25) is 5.91 Å². The highest BCUT2D eigenvalue weighted by molar-refractivity contribution is 7.99. The van der Waals surface area contributed by atoms with E-state index in [-0.39, 0.29) is 23.5 Å². The summed E-state index contributed by atoms with van der Waals surface area (Å²) in [6.45, 7) is 6.06. The Labute approximate surface area is 169 Å². The smallest absolute Gasteiger partial charge is 0.310 e. The van der Waals surface area contributed by atoms with Gasteiger partial charge in [0.25, 0.3) is 0 Å². The van der Waals surface area contributed by atoms with Crippen LogP contribution in [0.4, 0.5) is 0 Å². The summed E-state index contributed by atoms with van der Waals surface area (Å²) < 4.78 is 7.13. The van der Waals surface area contributed by atoms with E-state index in [0.29, 0.717) is 19.7 Å². The standard InChI is InChI=1S/C20H26N4O3S/c1-3-24-18(15-9-6-5-7-10-15)21-22-20(24)28-14-17(25)23-12-8-11-16(13-23)19(26)27-4-2/h5-7,9-10,16H,3-4,8,11-14H2,1-2H3/t16-/m0/s1. The Morgan fingerprint density at radius 1 is 1.21 bits per heavy atom. The maximum Gasteiger partial charge on any atom is 0.310 e. The van der Waals surface area contributed by atoms with Gasteiger partial charge in [0, 0.05) is 25.2 Å². The number of hydrogen-bond donors (Lipinski definition) is 0. The summed E-state index contributed by atoms with van der Waals surface area (Å²) in [4.78, 5) is 26.4. The molecule has 28 heavy (non-hydrogen) atoms. The van der Waals surface area contributed by atoms with Crippen LogP contribution in [0.3, 0.4) is 0 Å². The average molecular weight is 403 g/mol. The number of carbonyl (C=O) groups excluding carboxylic acids is 2. The van der Waals surface area contributed by atoms with Crippen molar-refractivity contribution in [1.82, 2.24) is 19.7 Å². The lowest BCUT2D eigenvalue weighted by Gasteiger charge is -2.31. The van der Waals surface area contributed by atoms with Crippen LogP contribution in [0.2, 0.25) is 0 Å². The van der Waals surface area contributed by atoms with Crippen molar-refractivity contribution in [2.75, 3.05) is 25.4 Å². The summed E-state index contributed by atoms with van der Waals surface area (Å²) in [6, 6.07) is 9.90. The van der Waals surface area contributed by atoms with E-state index < -0.39 is 0 Å². The van der Waals surface area contributed by atoms with Gasteiger partial charge >= 0.3 is 5.97 Å². The van der Waals surface area contributed by atoms with E-state index in [9.17, 15) is 9.59 Å². The van der Waals surface area contributed by atoms with E-state index in [4.69, 9.17) is 4.74 Å². The first-order valence-electron chi connectivity index (χ1n) is 9.69. The lowest BCUT2D eigenvalue weighted by Crippen LogP contribution is -2.43. The Hall–Kier alpha value is -2.35. The SMILES string of the molecule is CCOC(=O)[C@H]1CCCN(C(=O)CSc2nnc(-c3ccccc3)n2CC)C1. The molecule has 3 rings (SSSR count). The summed E-state index contributed by atoms with van der Waals surface area (Å²) in [5.74, 6) is 0.685. The van der Waals surface area contributed by atoms with Crippen molar-refractivity contribution >= 4 is 23.6 Å². The number of carbonyl (C=O) groups is 2. The number of thioether (sulfide) groups is 1. The van der Waals surface area contributed by atoms with Gasteiger partial charge in [0.15, 0.2) is 11.0 Å². The van der Waals surface area contributed by atoms with Crippen molar-refractivity contribution in [1.29, 1.82) is 0 Å². The first kappa shape index (κ1) is 20.4. The Balaban J connectivity index is 1.62.